The summed E-state index contributed by atoms with van der Waals surface area (Å²) in [6.45, 7) is 0.217. The molecule has 108 valence electrons. The summed E-state index contributed by atoms with van der Waals surface area (Å²) in [6, 6.07) is 5.97. The van der Waals surface area contributed by atoms with E-state index in [0.29, 0.717) is 11.4 Å². The zero-order valence-corrected chi connectivity index (χ0v) is 12.1. The van der Waals surface area contributed by atoms with E-state index in [0.717, 1.165) is 5.56 Å². The number of nitrogen functional groups attached to an aromatic ring is 1. The van der Waals surface area contributed by atoms with E-state index in [1.54, 1.807) is 0 Å². The lowest BCUT2D eigenvalue weighted by molar-refractivity contribution is 0.192. The lowest BCUT2D eigenvalue weighted by Crippen LogP contribution is -2.15. The average Bonchev–Trinajstić information content (AvgIpc) is 2.90. The smallest absolute Gasteiger partial charge is 0.238 e. The summed E-state index contributed by atoms with van der Waals surface area (Å²) < 4.78 is 22.6. The van der Waals surface area contributed by atoms with E-state index in [9.17, 15) is 13.5 Å². The third-order valence-corrected chi connectivity index (χ3v) is 4.38. The first kappa shape index (κ1) is 14.8. The van der Waals surface area contributed by atoms with Crippen molar-refractivity contribution in [3.63, 3.8) is 0 Å². The Labute approximate surface area is 121 Å². The number of benzene rings is 1. The molecule has 20 heavy (non-hydrogen) atoms. The topological polar surface area (TPSA) is 118 Å². The summed E-state index contributed by atoms with van der Waals surface area (Å²) >= 11 is 1.49. The number of primary sulfonamides is 1. The van der Waals surface area contributed by atoms with Crippen LogP contribution in [0.4, 0.5) is 11.4 Å². The number of aliphatic hydroxyl groups is 1. The van der Waals surface area contributed by atoms with Crippen molar-refractivity contribution in [3.8, 4) is 0 Å². The van der Waals surface area contributed by atoms with Crippen molar-refractivity contribution < 1.29 is 13.5 Å². The number of thiophene rings is 1. The van der Waals surface area contributed by atoms with Crippen molar-refractivity contribution in [2.45, 2.75) is 11.0 Å². The van der Waals surface area contributed by atoms with Crippen molar-refractivity contribution >= 4 is 32.7 Å². The van der Waals surface area contributed by atoms with E-state index in [1.807, 2.05) is 16.8 Å². The number of anilines is 2. The lowest BCUT2D eigenvalue weighted by Gasteiger charge is -2.14. The van der Waals surface area contributed by atoms with Crippen LogP contribution in [-0.2, 0) is 10.0 Å². The molecule has 0 bridgehead atoms. The molecule has 6 N–H and O–H groups in total. The number of sulfonamides is 1. The zero-order valence-electron chi connectivity index (χ0n) is 10.5. The Kier molecular flexibility index (Phi) is 4.29. The van der Waals surface area contributed by atoms with Crippen LogP contribution in [0, 0.1) is 0 Å². The monoisotopic (exact) mass is 313 g/mol. The van der Waals surface area contributed by atoms with Crippen LogP contribution in [-0.4, -0.2) is 20.1 Å². The minimum Gasteiger partial charge on any atom is -0.397 e. The number of nitrogens with one attached hydrogen (secondary N) is 1. The Bertz CT molecular complexity index is 684. The van der Waals surface area contributed by atoms with Crippen LogP contribution in [0.15, 0.2) is 39.9 Å². The van der Waals surface area contributed by atoms with E-state index in [1.165, 1.54) is 29.5 Å². The molecule has 6 nitrogen and oxygen atoms in total. The molecule has 1 aromatic carbocycles. The van der Waals surface area contributed by atoms with Crippen molar-refractivity contribution in [1.29, 1.82) is 0 Å². The van der Waals surface area contributed by atoms with E-state index >= 15 is 0 Å². The fourth-order valence-electron chi connectivity index (χ4n) is 1.65. The number of hydrogen-bond acceptors (Lipinski definition) is 6. The molecule has 2 aromatic rings. The van der Waals surface area contributed by atoms with Gasteiger partial charge in [-0.3, -0.25) is 0 Å². The summed E-state index contributed by atoms with van der Waals surface area (Å²) in [7, 11) is -3.78. The summed E-state index contributed by atoms with van der Waals surface area (Å²) in [6.07, 6.45) is -0.696. The average molecular weight is 313 g/mol. The van der Waals surface area contributed by atoms with Gasteiger partial charge in [0.05, 0.1) is 22.4 Å². The maximum Gasteiger partial charge on any atom is 0.238 e. The van der Waals surface area contributed by atoms with Gasteiger partial charge in [-0.2, -0.15) is 11.3 Å². The van der Waals surface area contributed by atoms with Gasteiger partial charge in [0.25, 0.3) is 0 Å². The third kappa shape index (κ3) is 3.48. The second-order valence-electron chi connectivity index (χ2n) is 4.25. The lowest BCUT2D eigenvalue weighted by atomic mass is 10.2. The summed E-state index contributed by atoms with van der Waals surface area (Å²) in [5, 5.41) is 21.7. The first-order chi connectivity index (χ1) is 9.38. The zero-order chi connectivity index (χ0) is 14.8. The highest BCUT2D eigenvalue weighted by molar-refractivity contribution is 7.89. The fraction of sp³-hybridized carbons (Fsp3) is 0.167. The molecule has 0 amide bonds. The standard InChI is InChI=1S/C12H15N3O3S2/c13-10-2-1-9(20(14,17)18)5-11(10)15-6-12(16)8-3-4-19-7-8/h1-5,7,12,15-16H,6,13H2,(H2,14,17,18). The maximum atomic E-state index is 11.3. The summed E-state index contributed by atoms with van der Waals surface area (Å²) in [5.41, 5.74) is 7.36. The molecule has 0 fully saturated rings. The van der Waals surface area contributed by atoms with E-state index in [4.69, 9.17) is 10.9 Å². The summed E-state index contributed by atoms with van der Waals surface area (Å²) in [5.74, 6) is 0. The fourth-order valence-corrected chi connectivity index (χ4v) is 2.90. The van der Waals surface area contributed by atoms with Gasteiger partial charge < -0.3 is 16.2 Å². The first-order valence-corrected chi connectivity index (χ1v) is 8.23. The van der Waals surface area contributed by atoms with Crippen molar-refractivity contribution in [2.24, 2.45) is 5.14 Å². The SMILES string of the molecule is Nc1ccc(S(N)(=O)=O)cc1NCC(O)c1ccsc1. The van der Waals surface area contributed by atoms with Crippen molar-refractivity contribution in [3.05, 3.63) is 40.6 Å². The Morgan fingerprint density at radius 2 is 2.10 bits per heavy atom. The molecule has 0 saturated heterocycles. The molecule has 8 heteroatoms. The van der Waals surface area contributed by atoms with E-state index in [2.05, 4.69) is 5.32 Å². The second-order valence-corrected chi connectivity index (χ2v) is 6.59. The van der Waals surface area contributed by atoms with Gasteiger partial charge in [0, 0.05) is 6.54 Å². The van der Waals surface area contributed by atoms with Gasteiger partial charge in [0.15, 0.2) is 0 Å². The van der Waals surface area contributed by atoms with Crippen molar-refractivity contribution in [1.82, 2.24) is 0 Å². The van der Waals surface area contributed by atoms with Gasteiger partial charge in [-0.1, -0.05) is 0 Å². The number of aliphatic hydroxyl groups excluding tert-OH is 1. The normalized spacial score (nSPS) is 13.1. The van der Waals surface area contributed by atoms with Crippen LogP contribution in [0.1, 0.15) is 11.7 Å². The molecule has 1 aromatic heterocycles. The predicted octanol–water partition coefficient (Wildman–Crippen LogP) is 1.12. The van der Waals surface area contributed by atoms with Crippen LogP contribution in [0.25, 0.3) is 0 Å². The molecule has 1 heterocycles. The van der Waals surface area contributed by atoms with Crippen LogP contribution in [0.5, 0.6) is 0 Å². The van der Waals surface area contributed by atoms with Crippen LogP contribution in [0.2, 0.25) is 0 Å². The number of hydrogen-bond donors (Lipinski definition) is 4. The Morgan fingerprint density at radius 3 is 2.70 bits per heavy atom. The highest BCUT2D eigenvalue weighted by Crippen LogP contribution is 2.24. The van der Waals surface area contributed by atoms with E-state index in [-0.39, 0.29) is 11.4 Å². The van der Waals surface area contributed by atoms with Gasteiger partial charge in [-0.15, -0.1) is 0 Å². The van der Waals surface area contributed by atoms with Crippen LogP contribution in [0.3, 0.4) is 0 Å². The van der Waals surface area contributed by atoms with Gasteiger partial charge >= 0.3 is 0 Å². The van der Waals surface area contributed by atoms with Gasteiger partial charge in [0.2, 0.25) is 10.0 Å². The second kappa shape index (κ2) is 5.80. The molecular formula is C12H15N3O3S2. The van der Waals surface area contributed by atoms with Gasteiger partial charge in [-0.25, -0.2) is 13.6 Å². The largest absolute Gasteiger partial charge is 0.397 e. The minimum absolute atomic E-state index is 0.0285. The number of rotatable bonds is 5. The molecule has 0 saturated carbocycles. The molecule has 1 unspecified atom stereocenters. The molecule has 0 aliphatic heterocycles. The molecule has 2 rings (SSSR count). The summed E-state index contributed by atoms with van der Waals surface area (Å²) in [4.78, 5) is -0.0285. The minimum atomic E-state index is -3.78. The Balaban J connectivity index is 2.13. The molecule has 0 spiro atoms. The Hall–Kier alpha value is -1.61. The number of nitrogens with two attached hydrogens (primary N) is 2. The molecular weight excluding hydrogens is 298 g/mol. The maximum absolute atomic E-state index is 11.3. The van der Waals surface area contributed by atoms with Gasteiger partial charge in [0.1, 0.15) is 0 Å². The Morgan fingerprint density at radius 1 is 1.35 bits per heavy atom. The van der Waals surface area contributed by atoms with Crippen LogP contribution < -0.4 is 16.2 Å². The molecule has 0 aliphatic carbocycles. The van der Waals surface area contributed by atoms with E-state index < -0.39 is 16.1 Å². The predicted molar refractivity (Wildman–Crippen MR) is 80.0 cm³/mol. The quantitative estimate of drug-likeness (QED) is 0.617. The molecule has 0 radical (unpaired) electrons. The first-order valence-electron chi connectivity index (χ1n) is 5.74. The highest BCUT2D eigenvalue weighted by Gasteiger charge is 2.12. The molecule has 0 aliphatic rings. The third-order valence-electron chi connectivity index (χ3n) is 2.77. The highest BCUT2D eigenvalue weighted by atomic mass is 32.2. The van der Waals surface area contributed by atoms with Crippen molar-refractivity contribution in [2.75, 3.05) is 17.6 Å². The van der Waals surface area contributed by atoms with Gasteiger partial charge in [-0.05, 0) is 40.6 Å². The van der Waals surface area contributed by atoms with Crippen LogP contribution >= 0.6 is 11.3 Å². The molecule has 1 atom stereocenters.